The number of aryl methyl sites for hydroxylation is 1. The van der Waals surface area contributed by atoms with Gasteiger partial charge < -0.3 is 20.3 Å². The summed E-state index contributed by atoms with van der Waals surface area (Å²) in [7, 11) is 0. The van der Waals surface area contributed by atoms with Crippen LogP contribution in [0, 0.1) is 18.3 Å². The van der Waals surface area contributed by atoms with Crippen LogP contribution in [0.4, 0.5) is 10.5 Å². The number of hydrogen-bond donors (Lipinski definition) is 2. The van der Waals surface area contributed by atoms with Crippen LogP contribution in [0.5, 0.6) is 0 Å². The largest absolute Gasteiger partial charge is 0.444 e. The van der Waals surface area contributed by atoms with Crippen molar-refractivity contribution in [3.05, 3.63) is 77.9 Å². The second-order valence-electron chi connectivity index (χ2n) is 9.35. The van der Waals surface area contributed by atoms with E-state index in [0.717, 1.165) is 21.2 Å². The van der Waals surface area contributed by atoms with E-state index in [-0.39, 0.29) is 6.54 Å². The molecule has 0 bridgehead atoms. The van der Waals surface area contributed by atoms with Gasteiger partial charge in [-0.05, 0) is 61.7 Å². The highest BCUT2D eigenvalue weighted by Gasteiger charge is 2.33. The van der Waals surface area contributed by atoms with Gasteiger partial charge in [0, 0.05) is 5.69 Å². The number of fused-ring (bicyclic) bond motifs is 1. The first kappa shape index (κ1) is 26.2. The van der Waals surface area contributed by atoms with Crippen molar-refractivity contribution in [2.24, 2.45) is 0 Å². The molecular formula is C28H30N4O4. The second-order valence-corrected chi connectivity index (χ2v) is 9.35. The summed E-state index contributed by atoms with van der Waals surface area (Å²) in [5.74, 6) is -1.07. The fourth-order valence-corrected chi connectivity index (χ4v) is 3.79. The summed E-state index contributed by atoms with van der Waals surface area (Å²) < 4.78 is 5.19. The molecule has 0 saturated carbocycles. The fourth-order valence-electron chi connectivity index (χ4n) is 3.79. The molecular weight excluding hydrogens is 456 g/mol. The first-order valence-corrected chi connectivity index (χ1v) is 11.6. The van der Waals surface area contributed by atoms with Crippen LogP contribution in [-0.4, -0.2) is 41.5 Å². The average molecular weight is 487 g/mol. The molecule has 3 amide bonds. The molecule has 0 aromatic heterocycles. The molecule has 1 atom stereocenters. The van der Waals surface area contributed by atoms with Crippen molar-refractivity contribution in [2.45, 2.75) is 39.3 Å². The number of carbonyl (C=O) groups excluding carboxylic acids is 3. The van der Waals surface area contributed by atoms with Crippen LogP contribution in [0.3, 0.4) is 0 Å². The fraction of sp³-hybridized carbons (Fsp3) is 0.286. The summed E-state index contributed by atoms with van der Waals surface area (Å²) in [5.41, 5.74) is 1.19. The Morgan fingerprint density at radius 2 is 1.67 bits per heavy atom. The van der Waals surface area contributed by atoms with Crippen LogP contribution in [0.15, 0.2) is 66.7 Å². The summed E-state index contributed by atoms with van der Waals surface area (Å²) in [4.78, 5) is 40.0. The van der Waals surface area contributed by atoms with E-state index in [2.05, 4.69) is 10.6 Å². The highest BCUT2D eigenvalue weighted by Crippen LogP contribution is 2.27. The second kappa shape index (κ2) is 11.4. The predicted octanol–water partition coefficient (Wildman–Crippen LogP) is 4.70. The Kier molecular flexibility index (Phi) is 8.28. The van der Waals surface area contributed by atoms with Crippen molar-refractivity contribution < 1.29 is 19.1 Å². The van der Waals surface area contributed by atoms with Gasteiger partial charge in [-0.3, -0.25) is 9.59 Å². The molecule has 8 nitrogen and oxygen atoms in total. The molecule has 0 aliphatic rings. The molecule has 8 heteroatoms. The van der Waals surface area contributed by atoms with Crippen molar-refractivity contribution in [1.29, 1.82) is 5.26 Å². The number of amides is 3. The maximum Gasteiger partial charge on any atom is 0.408 e. The first-order valence-electron chi connectivity index (χ1n) is 11.6. The van der Waals surface area contributed by atoms with Gasteiger partial charge >= 0.3 is 6.09 Å². The number of rotatable bonds is 7. The molecule has 0 aliphatic heterocycles. The zero-order chi connectivity index (χ0) is 26.3. The number of nitriles is 1. The normalized spacial score (nSPS) is 11.8. The van der Waals surface area contributed by atoms with Gasteiger partial charge in [0.15, 0.2) is 0 Å². The molecule has 2 N–H and O–H groups in total. The summed E-state index contributed by atoms with van der Waals surface area (Å²) in [6.45, 7) is 6.19. The molecule has 0 saturated heterocycles. The van der Waals surface area contributed by atoms with Crippen LogP contribution in [0.2, 0.25) is 0 Å². The average Bonchev–Trinajstić information content (AvgIpc) is 2.82. The SMILES string of the molecule is Cc1ccccc1C(C(=O)Nc1ccc2ccccc2c1)N(CC#N)C(=O)CNC(=O)OC(C)(C)C. The molecule has 0 heterocycles. The third-order valence-corrected chi connectivity index (χ3v) is 5.40. The number of nitrogens with zero attached hydrogens (tertiary/aromatic N) is 2. The molecule has 1 unspecified atom stereocenters. The van der Waals surface area contributed by atoms with Crippen LogP contribution in [0.1, 0.15) is 37.9 Å². The van der Waals surface area contributed by atoms with Crippen LogP contribution in [-0.2, 0) is 14.3 Å². The van der Waals surface area contributed by atoms with Crippen LogP contribution < -0.4 is 10.6 Å². The van der Waals surface area contributed by atoms with Gasteiger partial charge in [0.2, 0.25) is 5.91 Å². The zero-order valence-electron chi connectivity index (χ0n) is 20.9. The third kappa shape index (κ3) is 6.83. The zero-order valence-corrected chi connectivity index (χ0v) is 20.9. The highest BCUT2D eigenvalue weighted by atomic mass is 16.6. The van der Waals surface area contributed by atoms with Crippen molar-refractivity contribution in [3.8, 4) is 6.07 Å². The molecule has 0 aliphatic carbocycles. The molecule has 3 rings (SSSR count). The van der Waals surface area contributed by atoms with Gasteiger partial charge in [-0.1, -0.05) is 54.6 Å². The van der Waals surface area contributed by atoms with Gasteiger partial charge in [-0.25, -0.2) is 4.79 Å². The monoisotopic (exact) mass is 486 g/mol. The summed E-state index contributed by atoms with van der Waals surface area (Å²) in [6, 6.07) is 21.4. The van der Waals surface area contributed by atoms with Crippen LogP contribution >= 0.6 is 0 Å². The standard InChI is InChI=1S/C28H30N4O4/c1-19-9-5-8-12-23(19)25(26(34)31-22-14-13-20-10-6-7-11-21(20)17-22)32(16-15-29)24(33)18-30-27(35)36-28(2,3)4/h5-14,17,25H,16,18H2,1-4H3,(H,30,35)(H,31,34). The first-order chi connectivity index (χ1) is 17.1. The Bertz CT molecular complexity index is 1310. The van der Waals surface area contributed by atoms with E-state index >= 15 is 0 Å². The van der Waals surface area contributed by atoms with Gasteiger partial charge in [-0.2, -0.15) is 5.26 Å². The summed E-state index contributed by atoms with van der Waals surface area (Å²) in [6.07, 6.45) is -0.763. The maximum atomic E-state index is 13.6. The molecule has 3 aromatic carbocycles. The molecule has 0 spiro atoms. The molecule has 0 fully saturated rings. The molecule has 36 heavy (non-hydrogen) atoms. The van der Waals surface area contributed by atoms with E-state index in [9.17, 15) is 19.6 Å². The predicted molar refractivity (Wildman–Crippen MR) is 138 cm³/mol. The molecule has 0 radical (unpaired) electrons. The third-order valence-electron chi connectivity index (χ3n) is 5.40. The van der Waals surface area contributed by atoms with E-state index in [4.69, 9.17) is 4.74 Å². The number of ether oxygens (including phenoxy) is 1. The summed E-state index contributed by atoms with van der Waals surface area (Å²) >= 11 is 0. The number of benzene rings is 3. The Morgan fingerprint density at radius 1 is 1.00 bits per heavy atom. The van der Waals surface area contributed by atoms with Gasteiger partial charge in [0.25, 0.3) is 5.91 Å². The Morgan fingerprint density at radius 3 is 2.33 bits per heavy atom. The smallest absolute Gasteiger partial charge is 0.408 e. The number of carbonyl (C=O) groups is 3. The quantitative estimate of drug-likeness (QED) is 0.470. The van der Waals surface area contributed by atoms with Gasteiger partial charge in [0.05, 0.1) is 6.07 Å². The lowest BCUT2D eigenvalue weighted by Crippen LogP contribution is -2.46. The minimum atomic E-state index is -1.09. The van der Waals surface area contributed by atoms with Gasteiger partial charge in [0.1, 0.15) is 24.7 Å². The number of alkyl carbamates (subject to hydrolysis) is 1. The number of hydrogen-bond acceptors (Lipinski definition) is 5. The van der Waals surface area contributed by atoms with Crippen molar-refractivity contribution in [2.75, 3.05) is 18.4 Å². The molecule has 186 valence electrons. The van der Waals surface area contributed by atoms with E-state index in [0.29, 0.717) is 11.3 Å². The summed E-state index contributed by atoms with van der Waals surface area (Å²) in [5, 5.41) is 16.8. The minimum absolute atomic E-state index is 0.348. The van der Waals surface area contributed by atoms with E-state index < -0.39 is 36.1 Å². The lowest BCUT2D eigenvalue weighted by molar-refractivity contribution is -0.137. The van der Waals surface area contributed by atoms with E-state index in [1.54, 1.807) is 39.0 Å². The molecule has 3 aromatic rings. The lowest BCUT2D eigenvalue weighted by Gasteiger charge is -2.30. The van der Waals surface area contributed by atoms with E-state index in [1.165, 1.54) is 0 Å². The van der Waals surface area contributed by atoms with Gasteiger partial charge in [-0.15, -0.1) is 0 Å². The minimum Gasteiger partial charge on any atom is -0.444 e. The number of anilines is 1. The lowest BCUT2D eigenvalue weighted by atomic mass is 9.98. The highest BCUT2D eigenvalue weighted by molar-refractivity contribution is 6.00. The van der Waals surface area contributed by atoms with Crippen LogP contribution in [0.25, 0.3) is 10.8 Å². The van der Waals surface area contributed by atoms with Crippen molar-refractivity contribution in [1.82, 2.24) is 10.2 Å². The number of nitrogens with one attached hydrogen (secondary N) is 2. The van der Waals surface area contributed by atoms with Crippen molar-refractivity contribution in [3.63, 3.8) is 0 Å². The topological polar surface area (TPSA) is 112 Å². The maximum absolute atomic E-state index is 13.6. The van der Waals surface area contributed by atoms with Crippen molar-refractivity contribution >= 4 is 34.4 Å². The Balaban J connectivity index is 1.90. The Hall–Kier alpha value is -4.38. The Labute approximate surface area is 210 Å². The van der Waals surface area contributed by atoms with E-state index in [1.807, 2.05) is 61.5 Å².